The van der Waals surface area contributed by atoms with Gasteiger partial charge in [0.15, 0.2) is 0 Å². The van der Waals surface area contributed by atoms with Crippen molar-refractivity contribution in [3.63, 3.8) is 0 Å². The molecule has 4 heterocycles. The molecule has 2 fully saturated rings. The molecule has 2 aromatic rings. The predicted octanol–water partition coefficient (Wildman–Crippen LogP) is 3.30. The Labute approximate surface area is 207 Å². The maximum Gasteiger partial charge on any atom is 0.137 e. The number of likely N-dealkylation sites (tertiary alicyclic amines) is 1. The van der Waals surface area contributed by atoms with Crippen LogP contribution >= 0.6 is 0 Å². The fourth-order valence-electron chi connectivity index (χ4n) is 4.88. The number of allylic oxidation sites excluding steroid dienone is 1. The molecule has 0 spiro atoms. The lowest BCUT2D eigenvalue weighted by Crippen LogP contribution is -2.44. The molecule has 1 aromatic carbocycles. The van der Waals surface area contributed by atoms with E-state index in [9.17, 15) is 5.26 Å². The number of rotatable bonds is 5. The first kappa shape index (κ1) is 23.3. The molecule has 8 heteroatoms. The number of hydrogen-bond donors (Lipinski definition) is 1. The highest BCUT2D eigenvalue weighted by Gasteiger charge is 2.23. The van der Waals surface area contributed by atoms with Crippen molar-refractivity contribution in [2.24, 2.45) is 4.99 Å². The minimum atomic E-state index is 0.137. The molecule has 2 atom stereocenters. The van der Waals surface area contributed by atoms with Crippen molar-refractivity contribution in [3.05, 3.63) is 59.9 Å². The maximum absolute atomic E-state index is 9.73. The van der Waals surface area contributed by atoms with Gasteiger partial charge >= 0.3 is 0 Å². The second kappa shape index (κ2) is 10.5. The molecule has 0 bridgehead atoms. The molecule has 2 unspecified atom stereocenters. The van der Waals surface area contributed by atoms with Crippen LogP contribution in [0.4, 0.5) is 11.5 Å². The third-order valence-corrected chi connectivity index (χ3v) is 7.04. The molecule has 35 heavy (non-hydrogen) atoms. The van der Waals surface area contributed by atoms with Gasteiger partial charge in [-0.15, -0.1) is 0 Å². The zero-order valence-electron chi connectivity index (χ0n) is 20.5. The zero-order chi connectivity index (χ0) is 24.2. The van der Waals surface area contributed by atoms with Gasteiger partial charge in [0.1, 0.15) is 29.6 Å². The Morgan fingerprint density at radius 2 is 1.91 bits per heavy atom. The fraction of sp³-hybridized carbons (Fsp3) is 0.444. The van der Waals surface area contributed by atoms with Gasteiger partial charge in [-0.3, -0.25) is 0 Å². The summed E-state index contributed by atoms with van der Waals surface area (Å²) in [5.74, 6) is 2.47. The number of nitrogens with one attached hydrogen (secondary N) is 1. The second-order valence-electron chi connectivity index (χ2n) is 9.70. The van der Waals surface area contributed by atoms with Crippen LogP contribution in [-0.2, 0) is 0 Å². The van der Waals surface area contributed by atoms with Crippen LogP contribution in [-0.4, -0.2) is 80.1 Å². The third kappa shape index (κ3) is 5.64. The monoisotopic (exact) mass is 471 g/mol. The number of anilines is 2. The minimum absolute atomic E-state index is 0.137. The van der Waals surface area contributed by atoms with E-state index in [0.717, 1.165) is 75.0 Å². The van der Waals surface area contributed by atoms with Crippen LogP contribution in [0.1, 0.15) is 29.9 Å². The van der Waals surface area contributed by atoms with Gasteiger partial charge in [0.05, 0.1) is 17.4 Å². The van der Waals surface area contributed by atoms with Crippen LogP contribution in [0, 0.1) is 11.3 Å². The van der Waals surface area contributed by atoms with Crippen molar-refractivity contribution in [1.29, 1.82) is 5.26 Å². The van der Waals surface area contributed by atoms with Gasteiger partial charge in [-0.05, 0) is 50.3 Å². The van der Waals surface area contributed by atoms with Crippen molar-refractivity contribution in [2.45, 2.75) is 24.9 Å². The van der Waals surface area contributed by atoms with E-state index >= 15 is 0 Å². The quantitative estimate of drug-likeness (QED) is 0.717. The molecule has 2 saturated heterocycles. The fourth-order valence-corrected chi connectivity index (χ4v) is 4.88. The summed E-state index contributed by atoms with van der Waals surface area (Å²) in [7, 11) is 4.26. The molecule has 8 nitrogen and oxygen atoms in total. The smallest absolute Gasteiger partial charge is 0.137 e. The number of aliphatic imine (C=N–C) groups is 1. The molecule has 1 aromatic heterocycles. The normalized spacial score (nSPS) is 23.1. The van der Waals surface area contributed by atoms with E-state index in [2.05, 4.69) is 68.4 Å². The zero-order valence-corrected chi connectivity index (χ0v) is 20.5. The Morgan fingerprint density at radius 3 is 2.63 bits per heavy atom. The maximum atomic E-state index is 9.73. The molecule has 0 saturated carbocycles. The lowest BCUT2D eigenvalue weighted by molar-refractivity contribution is 0.207. The molecule has 1 N–H and O–H groups in total. The van der Waals surface area contributed by atoms with E-state index < -0.39 is 0 Å². The van der Waals surface area contributed by atoms with Gasteiger partial charge in [-0.2, -0.15) is 5.26 Å². The molecule has 3 aliphatic heterocycles. The standard InChI is InChI=1S/C27H33N7O/c1-32-11-13-34(14-12-32)23-4-6-26(30-18-23)31-27-16-21(7-9-29-27)20-3-5-25(22(15-20)17-28)35-24-8-10-33(2)19-24/h3-7,9,15,18,21,24H,8,10-14,16,19H2,1-2H3,(H,29,30,31). The van der Waals surface area contributed by atoms with Gasteiger partial charge in [0.2, 0.25) is 0 Å². The summed E-state index contributed by atoms with van der Waals surface area (Å²) in [4.78, 5) is 16.1. The lowest BCUT2D eigenvalue weighted by atomic mass is 9.92. The number of aromatic nitrogens is 1. The number of pyridine rings is 1. The van der Waals surface area contributed by atoms with Gasteiger partial charge in [0, 0.05) is 57.8 Å². The number of piperazine rings is 1. The Balaban J connectivity index is 1.21. The number of amidine groups is 1. The molecule has 0 aliphatic carbocycles. The highest BCUT2D eigenvalue weighted by Crippen LogP contribution is 2.30. The van der Waals surface area contributed by atoms with Crippen LogP contribution in [0.5, 0.6) is 5.75 Å². The average molecular weight is 472 g/mol. The van der Waals surface area contributed by atoms with Crippen molar-refractivity contribution < 1.29 is 4.74 Å². The second-order valence-corrected chi connectivity index (χ2v) is 9.70. The van der Waals surface area contributed by atoms with Crippen molar-refractivity contribution in [3.8, 4) is 11.8 Å². The molecular weight excluding hydrogens is 438 g/mol. The first-order valence-corrected chi connectivity index (χ1v) is 12.4. The Kier molecular flexibility index (Phi) is 6.98. The van der Waals surface area contributed by atoms with Crippen LogP contribution < -0.4 is 15.0 Å². The molecule has 0 amide bonds. The van der Waals surface area contributed by atoms with E-state index in [-0.39, 0.29) is 12.0 Å². The number of likely N-dealkylation sites (N-methyl/N-ethyl adjacent to an activating group) is 2. The van der Waals surface area contributed by atoms with E-state index in [1.807, 2.05) is 30.6 Å². The van der Waals surface area contributed by atoms with E-state index in [4.69, 9.17) is 4.74 Å². The third-order valence-electron chi connectivity index (χ3n) is 7.04. The molecular formula is C27H33N7O. The Hall–Kier alpha value is -3.41. The van der Waals surface area contributed by atoms with Gasteiger partial charge in [-0.1, -0.05) is 12.1 Å². The van der Waals surface area contributed by atoms with Crippen LogP contribution in [0.15, 0.2) is 53.8 Å². The van der Waals surface area contributed by atoms with E-state index in [0.29, 0.717) is 11.3 Å². The van der Waals surface area contributed by atoms with E-state index in [1.165, 1.54) is 0 Å². The van der Waals surface area contributed by atoms with Crippen molar-refractivity contribution in [1.82, 2.24) is 14.8 Å². The number of hydrogen-bond acceptors (Lipinski definition) is 8. The van der Waals surface area contributed by atoms with Crippen molar-refractivity contribution >= 4 is 17.3 Å². The summed E-state index contributed by atoms with van der Waals surface area (Å²) in [5, 5.41) is 13.1. The lowest BCUT2D eigenvalue weighted by Gasteiger charge is -2.33. The highest BCUT2D eigenvalue weighted by molar-refractivity contribution is 5.96. The molecule has 3 aliphatic rings. The first-order valence-electron chi connectivity index (χ1n) is 12.4. The summed E-state index contributed by atoms with van der Waals surface area (Å²) in [6, 6.07) is 12.4. The SMILES string of the molecule is CN1CCN(c2ccc(NC3=NC=CC(c4ccc(OC5CCN(C)C5)c(C#N)c4)C3)nc2)CC1. The average Bonchev–Trinajstić information content (AvgIpc) is 3.30. The first-order chi connectivity index (χ1) is 17.1. The largest absolute Gasteiger partial charge is 0.488 e. The molecule has 0 radical (unpaired) electrons. The Bertz CT molecular complexity index is 1130. The number of nitriles is 1. The highest BCUT2D eigenvalue weighted by atomic mass is 16.5. The topological polar surface area (TPSA) is 80.0 Å². The molecule has 5 rings (SSSR count). The van der Waals surface area contributed by atoms with Gasteiger partial charge in [-0.25, -0.2) is 9.98 Å². The van der Waals surface area contributed by atoms with Gasteiger partial charge in [0.25, 0.3) is 0 Å². The number of nitrogens with zero attached hydrogens (tertiary/aromatic N) is 6. The van der Waals surface area contributed by atoms with Gasteiger partial charge < -0.3 is 24.8 Å². The molecule has 182 valence electrons. The van der Waals surface area contributed by atoms with E-state index in [1.54, 1.807) is 0 Å². The number of benzene rings is 1. The Morgan fingerprint density at radius 1 is 1.06 bits per heavy atom. The summed E-state index contributed by atoms with van der Waals surface area (Å²) in [5.41, 5.74) is 2.83. The number of ether oxygens (including phenoxy) is 1. The minimum Gasteiger partial charge on any atom is -0.488 e. The summed E-state index contributed by atoms with van der Waals surface area (Å²) < 4.78 is 6.14. The van der Waals surface area contributed by atoms with Crippen LogP contribution in [0.2, 0.25) is 0 Å². The summed E-state index contributed by atoms with van der Waals surface area (Å²) in [6.07, 6.45) is 7.70. The van der Waals surface area contributed by atoms with Crippen LogP contribution in [0.25, 0.3) is 0 Å². The van der Waals surface area contributed by atoms with Crippen molar-refractivity contribution in [2.75, 3.05) is 63.6 Å². The summed E-state index contributed by atoms with van der Waals surface area (Å²) in [6.45, 7) is 6.12. The van der Waals surface area contributed by atoms with Crippen LogP contribution in [0.3, 0.4) is 0 Å². The summed E-state index contributed by atoms with van der Waals surface area (Å²) >= 11 is 0. The predicted molar refractivity (Wildman–Crippen MR) is 139 cm³/mol.